The van der Waals surface area contributed by atoms with Crippen molar-refractivity contribution in [3.8, 4) is 0 Å². The van der Waals surface area contributed by atoms with Crippen LogP contribution in [0.1, 0.15) is 28.5 Å². The Morgan fingerprint density at radius 3 is 2.76 bits per heavy atom. The van der Waals surface area contributed by atoms with E-state index in [0.717, 1.165) is 17.0 Å². The summed E-state index contributed by atoms with van der Waals surface area (Å²) < 4.78 is 5.13. The number of furan rings is 1. The van der Waals surface area contributed by atoms with Crippen LogP contribution in [-0.4, -0.2) is 5.78 Å². The highest BCUT2D eigenvalue weighted by atomic mass is 35.5. The Hall–Kier alpha value is -1.54. The number of carbonyl (C=O) groups is 1. The molecule has 0 N–H and O–H groups in total. The molecule has 1 heterocycles. The highest BCUT2D eigenvalue weighted by Crippen LogP contribution is 2.50. The maximum atomic E-state index is 12.0. The van der Waals surface area contributed by atoms with Crippen LogP contribution in [0.4, 0.5) is 0 Å². The van der Waals surface area contributed by atoms with Crippen molar-refractivity contribution in [1.82, 2.24) is 0 Å². The lowest BCUT2D eigenvalue weighted by Gasteiger charge is -2.01. The summed E-state index contributed by atoms with van der Waals surface area (Å²) in [4.78, 5) is 12.0. The lowest BCUT2D eigenvalue weighted by molar-refractivity contribution is 0.0938. The fourth-order valence-electron chi connectivity index (χ4n) is 2.21. The summed E-state index contributed by atoms with van der Waals surface area (Å²) in [5, 5.41) is 0.743. The number of halogens is 1. The van der Waals surface area contributed by atoms with Gasteiger partial charge in [0.05, 0.1) is 6.26 Å². The first-order valence-corrected chi connectivity index (χ1v) is 5.97. The third-order valence-corrected chi connectivity index (χ3v) is 3.54. The molecule has 2 unspecified atom stereocenters. The molecular weight excluding hydrogens is 236 g/mol. The van der Waals surface area contributed by atoms with E-state index in [9.17, 15) is 4.79 Å². The molecule has 3 heteroatoms. The molecule has 1 fully saturated rings. The molecule has 17 heavy (non-hydrogen) atoms. The van der Waals surface area contributed by atoms with Crippen LogP contribution < -0.4 is 0 Å². The summed E-state index contributed by atoms with van der Waals surface area (Å²) in [6.45, 7) is 0. The molecule has 1 aliphatic rings. The van der Waals surface area contributed by atoms with Crippen LogP contribution in [-0.2, 0) is 0 Å². The average Bonchev–Trinajstić information content (AvgIpc) is 2.93. The van der Waals surface area contributed by atoms with Gasteiger partial charge in [-0.1, -0.05) is 29.8 Å². The number of benzene rings is 1. The van der Waals surface area contributed by atoms with Gasteiger partial charge in [0.25, 0.3) is 0 Å². The van der Waals surface area contributed by atoms with Crippen molar-refractivity contribution in [3.63, 3.8) is 0 Å². The molecule has 2 aromatic rings. The zero-order chi connectivity index (χ0) is 11.8. The average molecular weight is 247 g/mol. The third kappa shape index (κ3) is 1.89. The van der Waals surface area contributed by atoms with E-state index in [1.54, 1.807) is 12.1 Å². The molecule has 1 aliphatic carbocycles. The molecule has 1 saturated carbocycles. The zero-order valence-electron chi connectivity index (χ0n) is 9.10. The highest BCUT2D eigenvalue weighted by Gasteiger charge is 2.45. The van der Waals surface area contributed by atoms with E-state index in [0.29, 0.717) is 5.76 Å². The number of hydrogen-bond donors (Lipinski definition) is 0. The van der Waals surface area contributed by atoms with Crippen LogP contribution in [0, 0.1) is 5.92 Å². The summed E-state index contributed by atoms with van der Waals surface area (Å²) in [6.07, 6.45) is 2.39. The Morgan fingerprint density at radius 2 is 2.06 bits per heavy atom. The van der Waals surface area contributed by atoms with Gasteiger partial charge < -0.3 is 4.42 Å². The van der Waals surface area contributed by atoms with E-state index in [4.69, 9.17) is 16.0 Å². The van der Waals surface area contributed by atoms with E-state index in [1.165, 1.54) is 6.26 Å². The molecule has 86 valence electrons. The smallest absolute Gasteiger partial charge is 0.201 e. The Morgan fingerprint density at radius 1 is 1.24 bits per heavy atom. The Kier molecular flexibility index (Phi) is 2.52. The first-order valence-electron chi connectivity index (χ1n) is 5.59. The van der Waals surface area contributed by atoms with Gasteiger partial charge in [0.1, 0.15) is 0 Å². The first-order chi connectivity index (χ1) is 8.27. The zero-order valence-corrected chi connectivity index (χ0v) is 9.85. The van der Waals surface area contributed by atoms with Crippen molar-refractivity contribution >= 4 is 17.4 Å². The molecule has 3 rings (SSSR count). The van der Waals surface area contributed by atoms with E-state index >= 15 is 0 Å². The number of Topliss-reactive ketones (excluding diaryl/α,β-unsaturated/α-hetero) is 1. The van der Waals surface area contributed by atoms with Gasteiger partial charge in [0, 0.05) is 10.9 Å². The Bertz CT molecular complexity index is 545. The largest absolute Gasteiger partial charge is 0.461 e. The van der Waals surface area contributed by atoms with Gasteiger partial charge in [-0.3, -0.25) is 4.79 Å². The highest BCUT2D eigenvalue weighted by molar-refractivity contribution is 6.31. The van der Waals surface area contributed by atoms with Crippen LogP contribution in [0.5, 0.6) is 0 Å². The van der Waals surface area contributed by atoms with Crippen LogP contribution in [0.2, 0.25) is 5.02 Å². The quantitative estimate of drug-likeness (QED) is 0.769. The number of hydrogen-bond acceptors (Lipinski definition) is 2. The standard InChI is InChI=1S/C14H11ClO2/c15-12-5-2-1-4-9(12)10-8-11(10)14(16)13-6-3-7-17-13/h1-7,10-11H,8H2. The lowest BCUT2D eigenvalue weighted by atomic mass is 10.1. The predicted octanol–water partition coefficient (Wildman–Crippen LogP) is 3.92. The minimum Gasteiger partial charge on any atom is -0.461 e. The number of carbonyl (C=O) groups excluding carboxylic acids is 1. The molecule has 2 nitrogen and oxygen atoms in total. The Labute approximate surface area is 104 Å². The van der Waals surface area contributed by atoms with Gasteiger partial charge in [0.15, 0.2) is 5.76 Å². The third-order valence-electron chi connectivity index (χ3n) is 3.20. The van der Waals surface area contributed by atoms with Gasteiger partial charge >= 0.3 is 0 Å². The Balaban J connectivity index is 1.79. The van der Waals surface area contributed by atoms with Crippen molar-refractivity contribution < 1.29 is 9.21 Å². The van der Waals surface area contributed by atoms with Gasteiger partial charge in [0.2, 0.25) is 5.78 Å². The molecule has 2 atom stereocenters. The van der Waals surface area contributed by atoms with Crippen molar-refractivity contribution in [1.29, 1.82) is 0 Å². The summed E-state index contributed by atoms with van der Waals surface area (Å²) in [6, 6.07) is 11.2. The van der Waals surface area contributed by atoms with E-state index < -0.39 is 0 Å². The molecular formula is C14H11ClO2. The van der Waals surface area contributed by atoms with E-state index in [1.807, 2.05) is 24.3 Å². The van der Waals surface area contributed by atoms with Gasteiger partial charge in [-0.15, -0.1) is 0 Å². The topological polar surface area (TPSA) is 30.2 Å². The fraction of sp³-hybridized carbons (Fsp3) is 0.214. The van der Waals surface area contributed by atoms with Gasteiger partial charge in [-0.2, -0.15) is 0 Å². The summed E-state index contributed by atoms with van der Waals surface area (Å²) in [5.74, 6) is 0.812. The van der Waals surface area contributed by atoms with Crippen LogP contribution in [0.3, 0.4) is 0 Å². The molecule has 0 spiro atoms. The predicted molar refractivity (Wildman–Crippen MR) is 65.3 cm³/mol. The minimum atomic E-state index is 0.0287. The monoisotopic (exact) mass is 246 g/mol. The fourth-order valence-corrected chi connectivity index (χ4v) is 2.48. The van der Waals surface area contributed by atoms with Crippen molar-refractivity contribution in [2.75, 3.05) is 0 Å². The maximum Gasteiger partial charge on any atom is 0.201 e. The molecule has 0 aliphatic heterocycles. The normalized spacial score (nSPS) is 22.4. The second-order valence-electron chi connectivity index (χ2n) is 4.31. The van der Waals surface area contributed by atoms with Gasteiger partial charge in [-0.25, -0.2) is 0 Å². The first kappa shape index (κ1) is 10.6. The van der Waals surface area contributed by atoms with Crippen molar-refractivity contribution in [3.05, 3.63) is 59.0 Å². The molecule has 0 radical (unpaired) electrons. The molecule has 0 amide bonds. The van der Waals surface area contributed by atoms with Crippen LogP contribution in [0.15, 0.2) is 47.1 Å². The SMILES string of the molecule is O=C(c1ccco1)C1CC1c1ccccc1Cl. The van der Waals surface area contributed by atoms with E-state index in [-0.39, 0.29) is 17.6 Å². The summed E-state index contributed by atoms with van der Waals surface area (Å²) >= 11 is 6.12. The summed E-state index contributed by atoms with van der Waals surface area (Å²) in [7, 11) is 0. The van der Waals surface area contributed by atoms with Crippen LogP contribution >= 0.6 is 11.6 Å². The second kappa shape index (κ2) is 4.04. The van der Waals surface area contributed by atoms with E-state index in [2.05, 4.69) is 0 Å². The number of rotatable bonds is 3. The minimum absolute atomic E-state index is 0.0287. The second-order valence-corrected chi connectivity index (χ2v) is 4.72. The molecule has 0 saturated heterocycles. The molecule has 0 bridgehead atoms. The number of ketones is 1. The lowest BCUT2D eigenvalue weighted by Crippen LogP contribution is -2.01. The molecule has 1 aromatic carbocycles. The van der Waals surface area contributed by atoms with Crippen molar-refractivity contribution in [2.24, 2.45) is 5.92 Å². The summed E-state index contributed by atoms with van der Waals surface area (Å²) in [5.41, 5.74) is 1.07. The van der Waals surface area contributed by atoms with Gasteiger partial charge in [-0.05, 0) is 36.1 Å². The van der Waals surface area contributed by atoms with Crippen molar-refractivity contribution in [2.45, 2.75) is 12.3 Å². The molecule has 1 aromatic heterocycles. The van der Waals surface area contributed by atoms with Crippen LogP contribution in [0.25, 0.3) is 0 Å². The maximum absolute atomic E-state index is 12.0.